The number of rotatable bonds is 4. The summed E-state index contributed by atoms with van der Waals surface area (Å²) in [5.41, 5.74) is 0.966. The van der Waals surface area contributed by atoms with E-state index >= 15 is 0 Å². The van der Waals surface area contributed by atoms with Crippen LogP contribution in [0, 0.1) is 10.1 Å². The lowest BCUT2D eigenvalue weighted by Gasteiger charge is -2.02. The highest BCUT2D eigenvalue weighted by Gasteiger charge is 2.06. The molecule has 0 aliphatic rings. The van der Waals surface area contributed by atoms with E-state index in [9.17, 15) is 14.9 Å². The number of nitro benzene ring substituents is 1. The second-order valence-electron chi connectivity index (χ2n) is 4.30. The van der Waals surface area contributed by atoms with Gasteiger partial charge in [-0.3, -0.25) is 14.9 Å². The Balaban J connectivity index is 2.06. The molecule has 1 N–H and O–H groups in total. The fourth-order valence-electron chi connectivity index (χ4n) is 1.67. The maximum absolute atomic E-state index is 11.8. The molecule has 2 aromatic carbocycles. The second kappa shape index (κ2) is 7.06. The molecule has 2 aromatic rings. The van der Waals surface area contributed by atoms with Crippen molar-refractivity contribution < 1.29 is 9.72 Å². The Hall–Kier alpha value is -2.37. The third-order valence-electron chi connectivity index (χ3n) is 2.70. The summed E-state index contributed by atoms with van der Waals surface area (Å²) in [6, 6.07) is 10.7. The summed E-state index contributed by atoms with van der Waals surface area (Å²) < 4.78 is 0. The number of hydrogen-bond acceptors (Lipinski definition) is 3. The van der Waals surface area contributed by atoms with E-state index in [1.165, 1.54) is 24.3 Å². The van der Waals surface area contributed by atoms with Gasteiger partial charge in [-0.25, -0.2) is 0 Å². The predicted octanol–water partition coefficient (Wildman–Crippen LogP) is 4.55. The topological polar surface area (TPSA) is 72.2 Å². The van der Waals surface area contributed by atoms with Gasteiger partial charge in [0.15, 0.2) is 0 Å². The van der Waals surface area contributed by atoms with Crippen molar-refractivity contribution in [1.82, 2.24) is 0 Å². The van der Waals surface area contributed by atoms with Crippen LogP contribution in [0.25, 0.3) is 6.08 Å². The quantitative estimate of drug-likeness (QED) is 0.505. The molecule has 0 aliphatic carbocycles. The third-order valence-corrected chi connectivity index (χ3v) is 3.43. The molecule has 2 rings (SSSR count). The van der Waals surface area contributed by atoms with Crippen molar-refractivity contribution in [3.05, 3.63) is 74.3 Å². The van der Waals surface area contributed by atoms with E-state index in [0.717, 1.165) is 0 Å². The lowest BCUT2D eigenvalue weighted by Crippen LogP contribution is -2.07. The Kier molecular flexibility index (Phi) is 5.14. The van der Waals surface area contributed by atoms with Crippen LogP contribution in [0.3, 0.4) is 0 Å². The summed E-state index contributed by atoms with van der Waals surface area (Å²) in [6.07, 6.45) is 2.87. The Morgan fingerprint density at radius 3 is 2.59 bits per heavy atom. The molecule has 5 nitrogen and oxygen atoms in total. The molecule has 0 bridgehead atoms. The van der Waals surface area contributed by atoms with Crippen molar-refractivity contribution in [3.8, 4) is 0 Å². The first-order valence-electron chi connectivity index (χ1n) is 6.14. The molecule has 0 heterocycles. The van der Waals surface area contributed by atoms with Crippen LogP contribution in [0.2, 0.25) is 10.0 Å². The molecule has 7 heteroatoms. The molecule has 0 spiro atoms. The van der Waals surface area contributed by atoms with Crippen molar-refractivity contribution >= 4 is 46.6 Å². The van der Waals surface area contributed by atoms with Crippen molar-refractivity contribution in [2.45, 2.75) is 0 Å². The average molecular weight is 337 g/mol. The van der Waals surface area contributed by atoms with Crippen molar-refractivity contribution in [2.24, 2.45) is 0 Å². The molecular weight excluding hydrogens is 327 g/mol. The predicted molar refractivity (Wildman–Crippen MR) is 87.2 cm³/mol. The van der Waals surface area contributed by atoms with Gasteiger partial charge in [0, 0.05) is 23.9 Å². The molecule has 0 saturated carbocycles. The number of hydrogen-bond donors (Lipinski definition) is 1. The van der Waals surface area contributed by atoms with Crippen LogP contribution in [-0.2, 0) is 4.79 Å². The smallest absolute Gasteiger partial charge is 0.271 e. The van der Waals surface area contributed by atoms with Gasteiger partial charge < -0.3 is 5.32 Å². The van der Waals surface area contributed by atoms with E-state index in [-0.39, 0.29) is 5.69 Å². The highest BCUT2D eigenvalue weighted by molar-refractivity contribution is 6.42. The molecule has 0 aliphatic heterocycles. The van der Waals surface area contributed by atoms with Crippen LogP contribution in [0.15, 0.2) is 48.5 Å². The van der Waals surface area contributed by atoms with E-state index in [0.29, 0.717) is 21.3 Å². The first kappa shape index (κ1) is 16.0. The van der Waals surface area contributed by atoms with Gasteiger partial charge in [-0.05, 0) is 29.8 Å². The fourth-order valence-corrected chi connectivity index (χ4v) is 1.98. The molecule has 1 amide bonds. The summed E-state index contributed by atoms with van der Waals surface area (Å²) in [7, 11) is 0. The second-order valence-corrected chi connectivity index (χ2v) is 5.12. The SMILES string of the molecule is O=C(C=Cc1ccc(Cl)c(Cl)c1)Nc1cccc([N+](=O)[O-])c1. The molecule has 22 heavy (non-hydrogen) atoms. The number of halogens is 2. The van der Waals surface area contributed by atoms with Crippen molar-refractivity contribution in [1.29, 1.82) is 0 Å². The molecule has 112 valence electrons. The summed E-state index contributed by atoms with van der Waals surface area (Å²) >= 11 is 11.7. The number of non-ortho nitro benzene ring substituents is 1. The molecular formula is C15H10Cl2N2O3. The normalized spacial score (nSPS) is 10.6. The van der Waals surface area contributed by atoms with Crippen molar-refractivity contribution in [2.75, 3.05) is 5.32 Å². The number of carbonyl (C=O) groups excluding carboxylic acids is 1. The Morgan fingerprint density at radius 2 is 1.91 bits per heavy atom. The molecule has 0 aromatic heterocycles. The lowest BCUT2D eigenvalue weighted by molar-refractivity contribution is -0.384. The fraction of sp³-hybridized carbons (Fsp3) is 0. The van der Waals surface area contributed by atoms with Crippen LogP contribution in [0.1, 0.15) is 5.56 Å². The zero-order valence-corrected chi connectivity index (χ0v) is 12.6. The van der Waals surface area contributed by atoms with Crippen LogP contribution in [-0.4, -0.2) is 10.8 Å². The summed E-state index contributed by atoms with van der Waals surface area (Å²) in [6.45, 7) is 0. The van der Waals surface area contributed by atoms with Gasteiger partial charge in [-0.15, -0.1) is 0 Å². The number of anilines is 1. The minimum atomic E-state index is -0.527. The molecule has 0 saturated heterocycles. The number of nitrogens with one attached hydrogen (secondary N) is 1. The van der Waals surface area contributed by atoms with Gasteiger partial charge in [-0.1, -0.05) is 35.3 Å². The average Bonchev–Trinajstić information content (AvgIpc) is 2.49. The van der Waals surface area contributed by atoms with Gasteiger partial charge in [0.25, 0.3) is 5.69 Å². The maximum atomic E-state index is 11.8. The van der Waals surface area contributed by atoms with Gasteiger partial charge in [0.05, 0.1) is 15.0 Å². The molecule has 0 unspecified atom stereocenters. The highest BCUT2D eigenvalue weighted by atomic mass is 35.5. The van der Waals surface area contributed by atoms with Crippen LogP contribution < -0.4 is 5.32 Å². The number of benzene rings is 2. The van der Waals surface area contributed by atoms with E-state index in [2.05, 4.69) is 5.32 Å². The maximum Gasteiger partial charge on any atom is 0.271 e. The first-order valence-corrected chi connectivity index (χ1v) is 6.90. The zero-order valence-electron chi connectivity index (χ0n) is 11.1. The van der Waals surface area contributed by atoms with E-state index < -0.39 is 10.8 Å². The van der Waals surface area contributed by atoms with Crippen LogP contribution in [0.5, 0.6) is 0 Å². The van der Waals surface area contributed by atoms with E-state index in [1.807, 2.05) is 0 Å². The summed E-state index contributed by atoms with van der Waals surface area (Å²) in [4.78, 5) is 21.9. The standard InChI is InChI=1S/C15H10Cl2N2O3/c16-13-6-4-10(8-14(13)17)5-7-15(20)18-11-2-1-3-12(9-11)19(21)22/h1-9H,(H,18,20). The Morgan fingerprint density at radius 1 is 1.14 bits per heavy atom. The van der Waals surface area contributed by atoms with Gasteiger partial charge in [-0.2, -0.15) is 0 Å². The summed E-state index contributed by atoms with van der Waals surface area (Å²) in [5.74, 6) is -0.411. The van der Waals surface area contributed by atoms with Crippen LogP contribution >= 0.6 is 23.2 Å². The largest absolute Gasteiger partial charge is 0.322 e. The van der Waals surface area contributed by atoms with Gasteiger partial charge >= 0.3 is 0 Å². The number of nitro groups is 1. The minimum absolute atomic E-state index is 0.0914. The number of nitrogens with zero attached hydrogens (tertiary/aromatic N) is 1. The molecule has 0 radical (unpaired) electrons. The van der Waals surface area contributed by atoms with Crippen LogP contribution in [0.4, 0.5) is 11.4 Å². The lowest BCUT2D eigenvalue weighted by atomic mass is 10.2. The Labute approximate surface area is 136 Å². The molecule has 0 fully saturated rings. The number of amides is 1. The zero-order chi connectivity index (χ0) is 16.1. The number of carbonyl (C=O) groups is 1. The van der Waals surface area contributed by atoms with E-state index in [4.69, 9.17) is 23.2 Å². The third kappa shape index (κ3) is 4.31. The van der Waals surface area contributed by atoms with Crippen molar-refractivity contribution in [3.63, 3.8) is 0 Å². The Bertz CT molecular complexity index is 760. The highest BCUT2D eigenvalue weighted by Crippen LogP contribution is 2.23. The summed E-state index contributed by atoms with van der Waals surface area (Å²) in [5, 5.41) is 14.0. The molecule has 0 atom stereocenters. The van der Waals surface area contributed by atoms with Gasteiger partial charge in [0.1, 0.15) is 0 Å². The minimum Gasteiger partial charge on any atom is -0.322 e. The monoisotopic (exact) mass is 336 g/mol. The first-order chi connectivity index (χ1) is 10.5. The van der Waals surface area contributed by atoms with E-state index in [1.54, 1.807) is 30.3 Å². The van der Waals surface area contributed by atoms with Gasteiger partial charge in [0.2, 0.25) is 5.91 Å².